The molecule has 100 valence electrons. The number of allylic oxidation sites excluding steroid dienone is 5. The molecule has 3 heteroatoms. The van der Waals surface area contributed by atoms with E-state index >= 15 is 0 Å². The van der Waals surface area contributed by atoms with Gasteiger partial charge in [-0.25, -0.2) is 0 Å². The molecule has 19 heavy (non-hydrogen) atoms. The Labute approximate surface area is 113 Å². The van der Waals surface area contributed by atoms with Crippen molar-refractivity contribution in [1.82, 2.24) is 0 Å². The van der Waals surface area contributed by atoms with E-state index in [-0.39, 0.29) is 17.3 Å². The summed E-state index contributed by atoms with van der Waals surface area (Å²) >= 11 is 0. The van der Waals surface area contributed by atoms with E-state index in [1.165, 1.54) is 25.2 Å². The highest BCUT2D eigenvalue weighted by molar-refractivity contribution is 6.21. The van der Waals surface area contributed by atoms with E-state index in [1.54, 1.807) is 0 Å². The van der Waals surface area contributed by atoms with Gasteiger partial charge in [-0.3, -0.25) is 9.59 Å². The predicted molar refractivity (Wildman–Crippen MR) is 71.4 cm³/mol. The number of carbonyl (C=O) groups excluding carboxylic acids is 2. The number of hydrogen-bond acceptors (Lipinski definition) is 3. The van der Waals surface area contributed by atoms with Gasteiger partial charge in [-0.2, -0.15) is 0 Å². The Kier molecular flexibility index (Phi) is 2.73. The number of fused-ring (bicyclic) bond motifs is 2. The molecule has 0 amide bonds. The van der Waals surface area contributed by atoms with Gasteiger partial charge in [-0.15, -0.1) is 0 Å². The van der Waals surface area contributed by atoms with Crippen molar-refractivity contribution >= 4 is 11.6 Å². The molecule has 3 aliphatic carbocycles. The van der Waals surface area contributed by atoms with Gasteiger partial charge >= 0.3 is 0 Å². The van der Waals surface area contributed by atoms with E-state index < -0.39 is 5.41 Å². The molecular weight excluding hydrogens is 240 g/mol. The second-order valence-electron chi connectivity index (χ2n) is 5.73. The maximum absolute atomic E-state index is 12.6. The fourth-order valence-corrected chi connectivity index (χ4v) is 3.43. The number of rotatable bonds is 1. The van der Waals surface area contributed by atoms with Gasteiger partial charge in [-0.1, -0.05) is 6.08 Å². The molecule has 1 saturated carbocycles. The summed E-state index contributed by atoms with van der Waals surface area (Å²) in [5, 5.41) is 0. The minimum Gasteiger partial charge on any atom is -0.493 e. The quantitative estimate of drug-likeness (QED) is 0.726. The first-order valence-corrected chi connectivity index (χ1v) is 6.86. The second kappa shape index (κ2) is 4.19. The lowest BCUT2D eigenvalue weighted by Crippen LogP contribution is -2.40. The summed E-state index contributed by atoms with van der Waals surface area (Å²) < 4.78 is 5.08. The van der Waals surface area contributed by atoms with Crippen LogP contribution >= 0.6 is 0 Å². The third-order valence-corrected chi connectivity index (χ3v) is 4.60. The monoisotopic (exact) mass is 258 g/mol. The zero-order valence-corrected chi connectivity index (χ0v) is 11.4. The molecule has 0 unspecified atom stereocenters. The van der Waals surface area contributed by atoms with Crippen molar-refractivity contribution in [2.75, 3.05) is 7.11 Å². The molecule has 3 rings (SSSR count). The summed E-state index contributed by atoms with van der Waals surface area (Å²) in [4.78, 5) is 24.9. The van der Waals surface area contributed by atoms with E-state index in [0.717, 1.165) is 24.8 Å². The second-order valence-corrected chi connectivity index (χ2v) is 5.73. The fourth-order valence-electron chi connectivity index (χ4n) is 3.43. The molecule has 0 radical (unpaired) electrons. The van der Waals surface area contributed by atoms with Gasteiger partial charge in [0.1, 0.15) is 0 Å². The van der Waals surface area contributed by atoms with Gasteiger partial charge in [0, 0.05) is 11.6 Å². The average molecular weight is 258 g/mol. The zero-order valence-electron chi connectivity index (χ0n) is 11.4. The first kappa shape index (κ1) is 12.4. The molecule has 0 aromatic rings. The number of ketones is 2. The highest BCUT2D eigenvalue weighted by Gasteiger charge is 2.47. The van der Waals surface area contributed by atoms with Crippen LogP contribution in [-0.2, 0) is 14.3 Å². The minimum absolute atomic E-state index is 0.00711. The van der Waals surface area contributed by atoms with Gasteiger partial charge in [-0.05, 0) is 50.2 Å². The van der Waals surface area contributed by atoms with Crippen LogP contribution < -0.4 is 0 Å². The first-order chi connectivity index (χ1) is 9.08. The lowest BCUT2D eigenvalue weighted by molar-refractivity contribution is -0.127. The van der Waals surface area contributed by atoms with Crippen LogP contribution in [0.3, 0.4) is 0 Å². The number of carbonyl (C=O) groups is 2. The molecule has 0 aromatic carbocycles. The molecule has 1 atom stereocenters. The van der Waals surface area contributed by atoms with E-state index in [1.807, 2.05) is 6.92 Å². The number of hydrogen-bond donors (Lipinski definition) is 0. The molecule has 0 bridgehead atoms. The Hall–Kier alpha value is -1.64. The predicted octanol–water partition coefficient (Wildman–Crippen LogP) is 2.88. The highest BCUT2D eigenvalue weighted by atomic mass is 16.5. The standard InChI is InChI=1S/C16H18O3/c1-16-8-7-10-5-3-4-6-11(10)14(16)15(18)12(19-2)9-13(16)17/h7,9H,3-6,8H2,1-2H3/t16-/m0/s1. The summed E-state index contributed by atoms with van der Waals surface area (Å²) in [6.45, 7) is 1.89. The molecule has 0 N–H and O–H groups in total. The summed E-state index contributed by atoms with van der Waals surface area (Å²) in [5.41, 5.74) is 2.42. The summed E-state index contributed by atoms with van der Waals surface area (Å²) in [7, 11) is 1.45. The lowest BCUT2D eigenvalue weighted by Gasteiger charge is -2.39. The molecule has 0 heterocycles. The van der Waals surface area contributed by atoms with E-state index in [2.05, 4.69) is 6.08 Å². The minimum atomic E-state index is -0.671. The molecule has 3 nitrogen and oxygen atoms in total. The van der Waals surface area contributed by atoms with Crippen LogP contribution in [0.5, 0.6) is 0 Å². The van der Waals surface area contributed by atoms with Crippen molar-refractivity contribution in [1.29, 1.82) is 0 Å². The molecule has 0 aliphatic heterocycles. The average Bonchev–Trinajstić information content (AvgIpc) is 2.42. The largest absolute Gasteiger partial charge is 0.493 e. The molecule has 3 aliphatic rings. The van der Waals surface area contributed by atoms with Gasteiger partial charge in [0.15, 0.2) is 11.5 Å². The maximum Gasteiger partial charge on any atom is 0.224 e. The van der Waals surface area contributed by atoms with Gasteiger partial charge in [0.25, 0.3) is 0 Å². The number of methoxy groups -OCH3 is 1. The molecule has 1 fully saturated rings. The third-order valence-electron chi connectivity index (χ3n) is 4.60. The molecule has 0 aromatic heterocycles. The van der Waals surface area contributed by atoms with Crippen molar-refractivity contribution in [2.24, 2.45) is 5.41 Å². The first-order valence-electron chi connectivity index (χ1n) is 6.86. The zero-order chi connectivity index (χ0) is 13.6. The van der Waals surface area contributed by atoms with Crippen LogP contribution in [0, 0.1) is 5.41 Å². The van der Waals surface area contributed by atoms with Crippen LogP contribution in [0.4, 0.5) is 0 Å². The van der Waals surface area contributed by atoms with Crippen molar-refractivity contribution in [3.8, 4) is 0 Å². The van der Waals surface area contributed by atoms with E-state index in [9.17, 15) is 9.59 Å². The highest BCUT2D eigenvalue weighted by Crippen LogP contribution is 2.48. The van der Waals surface area contributed by atoms with Crippen molar-refractivity contribution in [3.05, 3.63) is 34.6 Å². The Morgan fingerprint density at radius 1 is 1.21 bits per heavy atom. The fraction of sp³-hybridized carbons (Fsp3) is 0.500. The van der Waals surface area contributed by atoms with Crippen LogP contribution in [0.1, 0.15) is 39.0 Å². The van der Waals surface area contributed by atoms with Gasteiger partial charge in [0.2, 0.25) is 5.78 Å². The Balaban J connectivity index is 2.20. The summed E-state index contributed by atoms with van der Waals surface area (Å²) in [6, 6.07) is 0. The van der Waals surface area contributed by atoms with Crippen molar-refractivity contribution in [3.63, 3.8) is 0 Å². The topological polar surface area (TPSA) is 43.4 Å². The van der Waals surface area contributed by atoms with E-state index in [0.29, 0.717) is 12.0 Å². The van der Waals surface area contributed by atoms with Crippen LogP contribution in [0.2, 0.25) is 0 Å². The number of Topliss-reactive ketones (excluding diaryl/α,β-unsaturated/α-hetero) is 1. The van der Waals surface area contributed by atoms with Crippen LogP contribution in [0.25, 0.3) is 0 Å². The summed E-state index contributed by atoms with van der Waals surface area (Å²) in [6.07, 6.45) is 8.38. The third kappa shape index (κ3) is 1.64. The number of ether oxygens (including phenoxy) is 1. The van der Waals surface area contributed by atoms with Crippen LogP contribution in [0.15, 0.2) is 34.6 Å². The van der Waals surface area contributed by atoms with Gasteiger partial charge in [0.05, 0.1) is 12.5 Å². The Bertz CT molecular complexity index is 563. The molecule has 0 spiro atoms. The summed E-state index contributed by atoms with van der Waals surface area (Å²) in [5.74, 6) is 0.0937. The molecule has 0 saturated heterocycles. The maximum atomic E-state index is 12.6. The Morgan fingerprint density at radius 3 is 2.68 bits per heavy atom. The van der Waals surface area contributed by atoms with Gasteiger partial charge < -0.3 is 4.74 Å². The van der Waals surface area contributed by atoms with Crippen LogP contribution in [-0.4, -0.2) is 18.7 Å². The lowest BCUT2D eigenvalue weighted by atomic mass is 9.63. The SMILES string of the molecule is COC1=CC(=O)[C@]2(C)CC=C3CCCCC3=C2C1=O. The van der Waals surface area contributed by atoms with Crippen molar-refractivity contribution in [2.45, 2.75) is 39.0 Å². The van der Waals surface area contributed by atoms with Crippen molar-refractivity contribution < 1.29 is 14.3 Å². The Morgan fingerprint density at radius 2 is 1.95 bits per heavy atom. The normalized spacial score (nSPS) is 30.4. The molecular formula is C16H18O3. The van der Waals surface area contributed by atoms with E-state index in [4.69, 9.17) is 4.74 Å². The smallest absolute Gasteiger partial charge is 0.224 e.